The first-order valence-corrected chi connectivity index (χ1v) is 4.09. The van der Waals surface area contributed by atoms with E-state index in [2.05, 4.69) is 11.8 Å². The van der Waals surface area contributed by atoms with Crippen LogP contribution in [0.15, 0.2) is 0 Å². The maximum absolute atomic E-state index is 5.64. The second-order valence-electron chi connectivity index (χ2n) is 2.39. The predicted octanol–water partition coefficient (Wildman–Crippen LogP) is 0.464. The zero-order valence-electron chi connectivity index (χ0n) is 7.55. The van der Waals surface area contributed by atoms with Gasteiger partial charge in [0, 0.05) is 13.1 Å². The molecule has 1 radical (unpaired) electrons. The molecule has 0 aromatic carbocycles. The molecule has 0 aliphatic carbocycles. The molecule has 1 rings (SSSR count). The molecule has 3 nitrogen and oxygen atoms in total. The molecule has 1 aliphatic rings. The lowest BCUT2D eigenvalue weighted by molar-refractivity contribution is 0.0215. The Balaban J connectivity index is 0.000000461. The molecule has 3 heteroatoms. The Morgan fingerprint density at radius 1 is 1.36 bits per heavy atom. The first kappa shape index (κ1) is 10.9. The van der Waals surface area contributed by atoms with Crippen LogP contribution in [-0.2, 0) is 4.74 Å². The van der Waals surface area contributed by atoms with E-state index < -0.39 is 0 Å². The first-order chi connectivity index (χ1) is 5.30. The summed E-state index contributed by atoms with van der Waals surface area (Å²) in [6, 6.07) is 0. The summed E-state index contributed by atoms with van der Waals surface area (Å²) in [4.78, 5) is 2.21. The van der Waals surface area contributed by atoms with Gasteiger partial charge >= 0.3 is 0 Å². The molecule has 1 heterocycles. The maximum Gasteiger partial charge on any atom is 0.0594 e. The van der Waals surface area contributed by atoms with Crippen molar-refractivity contribution in [2.24, 2.45) is 5.73 Å². The normalized spacial score (nSPS) is 21.8. The maximum atomic E-state index is 5.64. The van der Waals surface area contributed by atoms with Gasteiger partial charge in [0.15, 0.2) is 0 Å². The van der Waals surface area contributed by atoms with E-state index in [1.165, 1.54) is 0 Å². The third-order valence-electron chi connectivity index (χ3n) is 1.62. The molecule has 1 saturated heterocycles. The van der Waals surface area contributed by atoms with Gasteiger partial charge in [0.2, 0.25) is 0 Å². The monoisotopic (exact) mass is 159 g/mol. The average molecular weight is 159 g/mol. The Morgan fingerprint density at radius 3 is 2.09 bits per heavy atom. The van der Waals surface area contributed by atoms with Crippen molar-refractivity contribution >= 4 is 0 Å². The van der Waals surface area contributed by atoms with Gasteiger partial charge < -0.3 is 10.5 Å². The van der Waals surface area contributed by atoms with Gasteiger partial charge in [0.05, 0.1) is 19.4 Å². The summed E-state index contributed by atoms with van der Waals surface area (Å²) in [5.74, 6) is 0. The smallest absolute Gasteiger partial charge is 0.0594 e. The van der Waals surface area contributed by atoms with Crippen molar-refractivity contribution in [1.82, 2.24) is 4.90 Å². The second-order valence-corrected chi connectivity index (χ2v) is 2.39. The predicted molar refractivity (Wildman–Crippen MR) is 47.1 cm³/mol. The van der Waals surface area contributed by atoms with Crippen molar-refractivity contribution in [3.05, 3.63) is 6.92 Å². The van der Waals surface area contributed by atoms with Crippen LogP contribution in [0, 0.1) is 6.92 Å². The minimum atomic E-state index is 0.189. The molecule has 0 spiro atoms. The minimum absolute atomic E-state index is 0.189. The topological polar surface area (TPSA) is 38.5 Å². The third-order valence-corrected chi connectivity index (χ3v) is 1.62. The Labute approximate surface area is 69.5 Å². The molecule has 11 heavy (non-hydrogen) atoms. The van der Waals surface area contributed by atoms with Crippen molar-refractivity contribution in [1.29, 1.82) is 0 Å². The molecule has 1 aliphatic heterocycles. The van der Waals surface area contributed by atoms with Crippen LogP contribution in [0.5, 0.6) is 0 Å². The van der Waals surface area contributed by atoms with E-state index in [1.807, 2.05) is 6.92 Å². The van der Waals surface area contributed by atoms with E-state index in [9.17, 15) is 0 Å². The van der Waals surface area contributed by atoms with Crippen molar-refractivity contribution in [3.8, 4) is 0 Å². The van der Waals surface area contributed by atoms with Gasteiger partial charge in [-0.05, 0) is 6.92 Å². The molecule has 1 unspecified atom stereocenters. The molecule has 0 amide bonds. The van der Waals surface area contributed by atoms with Crippen molar-refractivity contribution in [2.45, 2.75) is 20.0 Å². The molecule has 0 aromatic heterocycles. The molecule has 0 aromatic rings. The zero-order chi connectivity index (χ0) is 8.69. The van der Waals surface area contributed by atoms with Crippen LogP contribution >= 0.6 is 0 Å². The molecule has 67 valence electrons. The molecule has 1 atom stereocenters. The molecule has 2 N–H and O–H groups in total. The average Bonchev–Trinajstić information content (AvgIpc) is 2.10. The molecule has 0 saturated carbocycles. The summed E-state index contributed by atoms with van der Waals surface area (Å²) in [5.41, 5.74) is 5.64. The summed E-state index contributed by atoms with van der Waals surface area (Å²) in [7, 11) is 0. The van der Waals surface area contributed by atoms with E-state index in [0.29, 0.717) is 0 Å². The number of nitrogens with two attached hydrogens (primary N) is 1. The SMILES string of the molecule is CC(N)N1CCOCC1.[CH2]C. The Bertz CT molecular complexity index is 80.2. The molecule has 1 fully saturated rings. The minimum Gasteiger partial charge on any atom is -0.379 e. The van der Waals surface area contributed by atoms with E-state index in [4.69, 9.17) is 10.5 Å². The first-order valence-electron chi connectivity index (χ1n) is 4.09. The third kappa shape index (κ3) is 4.35. The van der Waals surface area contributed by atoms with Crippen LogP contribution in [0.1, 0.15) is 13.8 Å². The standard InChI is InChI=1S/C6H14N2O.C2H5/c1-6(7)8-2-4-9-5-3-8;1-2/h6H,2-5,7H2,1H3;1H2,2H3. The van der Waals surface area contributed by atoms with Gasteiger partial charge in [0.25, 0.3) is 0 Å². The fraction of sp³-hybridized carbons (Fsp3) is 0.875. The summed E-state index contributed by atoms with van der Waals surface area (Å²) in [5, 5.41) is 0. The number of rotatable bonds is 1. The van der Waals surface area contributed by atoms with Crippen LogP contribution < -0.4 is 5.73 Å². The van der Waals surface area contributed by atoms with Crippen molar-refractivity contribution in [2.75, 3.05) is 26.3 Å². The van der Waals surface area contributed by atoms with Crippen molar-refractivity contribution < 1.29 is 4.74 Å². The number of hydrogen-bond donors (Lipinski definition) is 1. The fourth-order valence-corrected chi connectivity index (χ4v) is 0.985. The summed E-state index contributed by atoms with van der Waals surface area (Å²) < 4.78 is 5.15. The number of hydrogen-bond acceptors (Lipinski definition) is 3. The van der Waals surface area contributed by atoms with Gasteiger partial charge in [-0.25, -0.2) is 0 Å². The van der Waals surface area contributed by atoms with Gasteiger partial charge in [0.1, 0.15) is 0 Å². The van der Waals surface area contributed by atoms with E-state index in [-0.39, 0.29) is 6.17 Å². The van der Waals surface area contributed by atoms with E-state index in [0.717, 1.165) is 26.3 Å². The van der Waals surface area contributed by atoms with Gasteiger partial charge in [-0.3, -0.25) is 4.90 Å². The van der Waals surface area contributed by atoms with Crippen LogP contribution in [-0.4, -0.2) is 37.4 Å². The van der Waals surface area contributed by atoms with E-state index in [1.54, 1.807) is 6.92 Å². The summed E-state index contributed by atoms with van der Waals surface area (Å²) in [6.45, 7) is 10.6. The Hall–Kier alpha value is -0.120. The van der Waals surface area contributed by atoms with Crippen LogP contribution in [0.2, 0.25) is 0 Å². The van der Waals surface area contributed by atoms with Gasteiger partial charge in [-0.2, -0.15) is 0 Å². The molecule has 0 bridgehead atoms. The summed E-state index contributed by atoms with van der Waals surface area (Å²) in [6.07, 6.45) is 0.189. The Morgan fingerprint density at radius 2 is 1.82 bits per heavy atom. The van der Waals surface area contributed by atoms with Crippen LogP contribution in [0.4, 0.5) is 0 Å². The van der Waals surface area contributed by atoms with Crippen molar-refractivity contribution in [3.63, 3.8) is 0 Å². The van der Waals surface area contributed by atoms with Crippen LogP contribution in [0.3, 0.4) is 0 Å². The fourth-order valence-electron chi connectivity index (χ4n) is 0.985. The lowest BCUT2D eigenvalue weighted by Gasteiger charge is -2.29. The van der Waals surface area contributed by atoms with Gasteiger partial charge in [-0.1, -0.05) is 13.8 Å². The molecular weight excluding hydrogens is 140 g/mol. The number of ether oxygens (including phenoxy) is 1. The highest BCUT2D eigenvalue weighted by atomic mass is 16.5. The number of nitrogens with zero attached hydrogens (tertiary/aromatic N) is 1. The lowest BCUT2D eigenvalue weighted by atomic mass is 10.4. The number of morpholine rings is 1. The molecular formula is C8H19N2O. The Kier molecular flexibility index (Phi) is 6.51. The van der Waals surface area contributed by atoms with Gasteiger partial charge in [-0.15, -0.1) is 0 Å². The van der Waals surface area contributed by atoms with E-state index >= 15 is 0 Å². The lowest BCUT2D eigenvalue weighted by Crippen LogP contribution is -2.46. The van der Waals surface area contributed by atoms with Crippen LogP contribution in [0.25, 0.3) is 0 Å². The second kappa shape index (κ2) is 6.58. The zero-order valence-corrected chi connectivity index (χ0v) is 7.55. The summed E-state index contributed by atoms with van der Waals surface area (Å²) >= 11 is 0. The highest BCUT2D eigenvalue weighted by Crippen LogP contribution is 1.97. The largest absolute Gasteiger partial charge is 0.379 e. The highest BCUT2D eigenvalue weighted by Gasteiger charge is 2.12. The quantitative estimate of drug-likeness (QED) is 0.604. The highest BCUT2D eigenvalue weighted by molar-refractivity contribution is 4.63.